The average Bonchev–Trinajstić information content (AvgIpc) is 3.27. The maximum absolute atomic E-state index is 12.9. The summed E-state index contributed by atoms with van der Waals surface area (Å²) in [5.41, 5.74) is 0.370. The van der Waals surface area contributed by atoms with Crippen LogP contribution in [0.5, 0.6) is 5.75 Å². The fourth-order valence-corrected chi connectivity index (χ4v) is 3.83. The first-order chi connectivity index (χ1) is 15.2. The van der Waals surface area contributed by atoms with Crippen LogP contribution in [0.15, 0.2) is 22.6 Å². The van der Waals surface area contributed by atoms with Gasteiger partial charge in [-0.1, -0.05) is 11.6 Å². The number of anilines is 2. The van der Waals surface area contributed by atoms with Crippen molar-refractivity contribution in [2.24, 2.45) is 5.92 Å². The summed E-state index contributed by atoms with van der Waals surface area (Å²) in [5.74, 6) is -2.27. The van der Waals surface area contributed by atoms with E-state index >= 15 is 0 Å². The van der Waals surface area contributed by atoms with Crippen molar-refractivity contribution in [3.05, 3.63) is 40.1 Å². The molecule has 1 saturated heterocycles. The second-order valence-electron chi connectivity index (χ2n) is 7.22. The number of aryl methyl sites for hydroxylation is 1. The third kappa shape index (κ3) is 4.47. The van der Waals surface area contributed by atoms with Gasteiger partial charge in [0.2, 0.25) is 17.7 Å². The Morgan fingerprint density at radius 3 is 2.62 bits per heavy atom. The van der Waals surface area contributed by atoms with E-state index in [1.54, 1.807) is 25.1 Å². The van der Waals surface area contributed by atoms with E-state index in [9.17, 15) is 19.2 Å². The molecule has 0 saturated carbocycles. The van der Waals surface area contributed by atoms with Crippen molar-refractivity contribution in [3.63, 3.8) is 0 Å². The highest BCUT2D eigenvalue weighted by molar-refractivity contribution is 6.31. The maximum Gasteiger partial charge on any atom is 0.344 e. The molecule has 2 amide bonds. The van der Waals surface area contributed by atoms with Gasteiger partial charge in [-0.15, -0.1) is 0 Å². The summed E-state index contributed by atoms with van der Waals surface area (Å²) < 4.78 is 15.8. The highest BCUT2D eigenvalue weighted by atomic mass is 35.5. The van der Waals surface area contributed by atoms with Gasteiger partial charge in [0, 0.05) is 18.0 Å². The van der Waals surface area contributed by atoms with Crippen molar-refractivity contribution >= 4 is 46.7 Å². The summed E-state index contributed by atoms with van der Waals surface area (Å²) in [6, 6.07) is 4.86. The molecule has 1 aromatic heterocycles. The zero-order chi connectivity index (χ0) is 23.6. The number of nitrogens with zero attached hydrogens (tertiary/aromatic N) is 1. The second-order valence-corrected chi connectivity index (χ2v) is 7.66. The van der Waals surface area contributed by atoms with E-state index in [1.165, 1.54) is 25.9 Å². The number of methoxy groups -OCH3 is 1. The molecule has 2 aromatic rings. The van der Waals surface area contributed by atoms with Gasteiger partial charge in [0.15, 0.2) is 5.78 Å². The van der Waals surface area contributed by atoms with E-state index in [-0.39, 0.29) is 48.3 Å². The molecule has 10 heteroatoms. The Labute approximate surface area is 189 Å². The minimum Gasteiger partial charge on any atom is -0.495 e. The SMILES string of the molecule is CCOC(=O)c1c(NC(=O)C2CC(=O)N(c3cc(Cl)ccc3OC)C2)oc(C)c1C(C)=O. The summed E-state index contributed by atoms with van der Waals surface area (Å²) in [4.78, 5) is 51.4. The molecule has 1 atom stereocenters. The largest absolute Gasteiger partial charge is 0.495 e. The molecule has 0 aliphatic carbocycles. The van der Waals surface area contributed by atoms with Crippen molar-refractivity contribution in [1.82, 2.24) is 0 Å². The van der Waals surface area contributed by atoms with Gasteiger partial charge in [-0.05, 0) is 39.0 Å². The number of rotatable bonds is 7. The number of ether oxygens (including phenoxy) is 2. The van der Waals surface area contributed by atoms with Crippen LogP contribution in [0.25, 0.3) is 0 Å². The Balaban J connectivity index is 1.85. The summed E-state index contributed by atoms with van der Waals surface area (Å²) in [6.07, 6.45) is -0.0600. The van der Waals surface area contributed by atoms with Crippen molar-refractivity contribution in [1.29, 1.82) is 0 Å². The van der Waals surface area contributed by atoms with Gasteiger partial charge in [-0.25, -0.2) is 4.79 Å². The molecule has 0 bridgehead atoms. The van der Waals surface area contributed by atoms with Crippen LogP contribution in [0, 0.1) is 12.8 Å². The van der Waals surface area contributed by atoms with E-state index < -0.39 is 23.6 Å². The van der Waals surface area contributed by atoms with Crippen LogP contribution in [-0.2, 0) is 14.3 Å². The molecule has 1 aromatic carbocycles. The maximum atomic E-state index is 12.9. The molecule has 9 nitrogen and oxygen atoms in total. The molecule has 1 unspecified atom stereocenters. The van der Waals surface area contributed by atoms with Crippen LogP contribution >= 0.6 is 11.6 Å². The highest BCUT2D eigenvalue weighted by Gasteiger charge is 2.38. The molecule has 0 radical (unpaired) electrons. The lowest BCUT2D eigenvalue weighted by Gasteiger charge is -2.19. The van der Waals surface area contributed by atoms with Crippen LogP contribution in [0.2, 0.25) is 5.02 Å². The van der Waals surface area contributed by atoms with Crippen LogP contribution in [0.4, 0.5) is 11.6 Å². The van der Waals surface area contributed by atoms with Gasteiger partial charge in [-0.3, -0.25) is 19.7 Å². The number of hydrogen-bond donors (Lipinski definition) is 1. The van der Waals surface area contributed by atoms with E-state index in [0.29, 0.717) is 16.5 Å². The molecule has 1 N–H and O–H groups in total. The number of furan rings is 1. The Bertz CT molecular complexity index is 1090. The standard InChI is InChI=1S/C22H23ClN2O7/c1-5-31-22(29)19-18(11(2)26)12(3)32-21(19)24-20(28)13-8-17(27)25(10-13)15-9-14(23)6-7-16(15)30-4/h6-7,9,13H,5,8,10H2,1-4H3,(H,24,28). The molecule has 1 aliphatic rings. The van der Waals surface area contributed by atoms with Gasteiger partial charge >= 0.3 is 5.97 Å². The van der Waals surface area contributed by atoms with E-state index in [2.05, 4.69) is 5.32 Å². The predicted molar refractivity (Wildman–Crippen MR) is 116 cm³/mol. The number of benzene rings is 1. The molecule has 170 valence electrons. The Morgan fingerprint density at radius 2 is 2.00 bits per heavy atom. The lowest BCUT2D eigenvalue weighted by atomic mass is 10.1. The lowest BCUT2D eigenvalue weighted by molar-refractivity contribution is -0.122. The van der Waals surface area contributed by atoms with Crippen LogP contribution in [0.3, 0.4) is 0 Å². The van der Waals surface area contributed by atoms with E-state index in [4.69, 9.17) is 25.5 Å². The minimum atomic E-state index is -0.780. The fourth-order valence-electron chi connectivity index (χ4n) is 3.66. The van der Waals surface area contributed by atoms with Crippen LogP contribution in [-0.4, -0.2) is 43.8 Å². The molecule has 2 heterocycles. The van der Waals surface area contributed by atoms with Gasteiger partial charge in [0.1, 0.15) is 17.1 Å². The summed E-state index contributed by atoms with van der Waals surface area (Å²) in [6.45, 7) is 4.59. The first-order valence-corrected chi connectivity index (χ1v) is 10.3. The first kappa shape index (κ1) is 23.3. The number of halogens is 1. The normalized spacial score (nSPS) is 15.6. The number of carbonyl (C=O) groups excluding carboxylic acids is 4. The molecule has 1 fully saturated rings. The quantitative estimate of drug-likeness (QED) is 0.493. The van der Waals surface area contributed by atoms with Crippen molar-refractivity contribution in [3.8, 4) is 5.75 Å². The molecule has 3 rings (SSSR count). The number of nitrogens with one attached hydrogen (secondary N) is 1. The molecular formula is C22H23ClN2O7. The molecule has 1 aliphatic heterocycles. The average molecular weight is 463 g/mol. The third-order valence-corrected chi connectivity index (χ3v) is 5.32. The van der Waals surface area contributed by atoms with E-state index in [0.717, 1.165) is 0 Å². The molecule has 32 heavy (non-hydrogen) atoms. The van der Waals surface area contributed by atoms with Gasteiger partial charge in [-0.2, -0.15) is 0 Å². The number of ketones is 1. The van der Waals surface area contributed by atoms with Crippen molar-refractivity contribution < 1.29 is 33.1 Å². The Morgan fingerprint density at radius 1 is 1.28 bits per heavy atom. The molecule has 0 spiro atoms. The first-order valence-electron chi connectivity index (χ1n) is 9.94. The number of esters is 1. The monoisotopic (exact) mass is 462 g/mol. The highest BCUT2D eigenvalue weighted by Crippen LogP contribution is 2.36. The van der Waals surface area contributed by atoms with E-state index in [1.807, 2.05) is 0 Å². The Hall–Kier alpha value is -3.33. The number of amides is 2. The van der Waals surface area contributed by atoms with Gasteiger partial charge in [0.25, 0.3) is 0 Å². The smallest absolute Gasteiger partial charge is 0.344 e. The topological polar surface area (TPSA) is 115 Å². The van der Waals surface area contributed by atoms with Gasteiger partial charge < -0.3 is 18.8 Å². The van der Waals surface area contributed by atoms with Crippen LogP contribution in [0.1, 0.15) is 46.7 Å². The number of Topliss-reactive ketones (excluding diaryl/α,β-unsaturated/α-hetero) is 1. The predicted octanol–water partition coefficient (Wildman–Crippen LogP) is 3.62. The zero-order valence-electron chi connectivity index (χ0n) is 18.1. The number of carbonyl (C=O) groups is 4. The zero-order valence-corrected chi connectivity index (χ0v) is 18.9. The molecular weight excluding hydrogens is 440 g/mol. The van der Waals surface area contributed by atoms with Crippen molar-refractivity contribution in [2.45, 2.75) is 27.2 Å². The van der Waals surface area contributed by atoms with Gasteiger partial charge in [0.05, 0.1) is 30.9 Å². The minimum absolute atomic E-state index is 0.0477. The van der Waals surface area contributed by atoms with Crippen LogP contribution < -0.4 is 15.0 Å². The summed E-state index contributed by atoms with van der Waals surface area (Å²) in [5, 5.41) is 2.97. The lowest BCUT2D eigenvalue weighted by Crippen LogP contribution is -2.28. The fraction of sp³-hybridized carbons (Fsp3) is 0.364. The second kappa shape index (κ2) is 9.44. The summed E-state index contributed by atoms with van der Waals surface area (Å²) in [7, 11) is 1.47. The summed E-state index contributed by atoms with van der Waals surface area (Å²) >= 11 is 6.07. The Kier molecular flexibility index (Phi) is 6.88. The van der Waals surface area contributed by atoms with Crippen molar-refractivity contribution in [2.75, 3.05) is 30.5 Å². The third-order valence-electron chi connectivity index (χ3n) is 5.08. The number of hydrogen-bond acceptors (Lipinski definition) is 7.